The third-order valence-corrected chi connectivity index (χ3v) is 4.05. The van der Waals surface area contributed by atoms with E-state index in [1.54, 1.807) is 12.1 Å². The quantitative estimate of drug-likeness (QED) is 0.658. The first kappa shape index (κ1) is 14.3. The maximum Gasteiger partial charge on any atom is 0.161 e. The van der Waals surface area contributed by atoms with Gasteiger partial charge < -0.3 is 9.47 Å². The van der Waals surface area contributed by atoms with Gasteiger partial charge in [0.15, 0.2) is 11.5 Å². The van der Waals surface area contributed by atoms with Gasteiger partial charge in [0, 0.05) is 10.0 Å². The van der Waals surface area contributed by atoms with Gasteiger partial charge in [-0.1, -0.05) is 28.1 Å². The minimum absolute atomic E-state index is 0.331. The van der Waals surface area contributed by atoms with Crippen molar-refractivity contribution in [2.45, 2.75) is 6.04 Å². The van der Waals surface area contributed by atoms with E-state index < -0.39 is 6.04 Å². The van der Waals surface area contributed by atoms with Crippen LogP contribution in [0.3, 0.4) is 0 Å². The molecule has 0 fully saturated rings. The van der Waals surface area contributed by atoms with Crippen LogP contribution in [-0.4, -0.2) is 13.2 Å². The van der Waals surface area contributed by atoms with Gasteiger partial charge in [-0.05, 0) is 29.8 Å². The fraction of sp³-hybridized carbons (Fsp3) is 0.200. The molecule has 0 amide bonds. The van der Waals surface area contributed by atoms with Crippen molar-refractivity contribution in [1.82, 2.24) is 5.43 Å². The van der Waals surface area contributed by atoms with Crippen LogP contribution in [-0.2, 0) is 0 Å². The van der Waals surface area contributed by atoms with Crippen molar-refractivity contribution in [2.24, 2.45) is 5.84 Å². The Morgan fingerprint density at radius 1 is 1.14 bits per heavy atom. The van der Waals surface area contributed by atoms with E-state index in [0.717, 1.165) is 5.56 Å². The monoisotopic (exact) mass is 352 g/mol. The standard InChI is InChI=1S/C15H14BrFN2O2/c16-10-2-1-3-11(17)14(10)15(19-18)9-4-5-12-13(8-9)21-7-6-20-12/h1-5,8,15,19H,6-7,18H2. The molecule has 4 nitrogen and oxygen atoms in total. The second-order valence-corrected chi connectivity index (χ2v) is 5.49. The lowest BCUT2D eigenvalue weighted by atomic mass is 9.98. The van der Waals surface area contributed by atoms with Crippen molar-refractivity contribution >= 4 is 15.9 Å². The molecule has 0 radical (unpaired) electrons. The molecule has 1 atom stereocenters. The number of hydrogen-bond acceptors (Lipinski definition) is 4. The number of hydrazine groups is 1. The van der Waals surface area contributed by atoms with E-state index in [2.05, 4.69) is 21.4 Å². The summed E-state index contributed by atoms with van der Waals surface area (Å²) in [6.45, 7) is 1.03. The number of ether oxygens (including phenoxy) is 2. The van der Waals surface area contributed by atoms with E-state index in [4.69, 9.17) is 15.3 Å². The average molecular weight is 353 g/mol. The Kier molecular flexibility index (Phi) is 4.10. The Labute approximate surface area is 130 Å². The lowest BCUT2D eigenvalue weighted by Gasteiger charge is -2.23. The average Bonchev–Trinajstić information content (AvgIpc) is 2.50. The van der Waals surface area contributed by atoms with Crippen LogP contribution in [0.5, 0.6) is 11.5 Å². The highest BCUT2D eigenvalue weighted by Gasteiger charge is 2.22. The lowest BCUT2D eigenvalue weighted by Crippen LogP contribution is -2.30. The van der Waals surface area contributed by atoms with Gasteiger partial charge >= 0.3 is 0 Å². The molecule has 1 unspecified atom stereocenters. The van der Waals surface area contributed by atoms with Crippen molar-refractivity contribution in [2.75, 3.05) is 13.2 Å². The number of hydrogen-bond donors (Lipinski definition) is 2. The SMILES string of the molecule is NNC(c1ccc2c(c1)OCCO2)c1c(F)cccc1Br. The summed E-state index contributed by atoms with van der Waals surface area (Å²) in [6.07, 6.45) is 0. The predicted molar refractivity (Wildman–Crippen MR) is 80.7 cm³/mol. The van der Waals surface area contributed by atoms with Gasteiger partial charge in [-0.15, -0.1) is 0 Å². The number of nitrogens with one attached hydrogen (secondary N) is 1. The van der Waals surface area contributed by atoms with Crippen LogP contribution in [0.1, 0.15) is 17.2 Å². The first-order chi connectivity index (χ1) is 10.2. The Hall–Kier alpha value is -1.63. The van der Waals surface area contributed by atoms with Gasteiger partial charge in [0.1, 0.15) is 19.0 Å². The molecule has 0 spiro atoms. The molecular weight excluding hydrogens is 339 g/mol. The molecule has 3 N–H and O–H groups in total. The highest BCUT2D eigenvalue weighted by atomic mass is 79.9. The molecule has 6 heteroatoms. The van der Waals surface area contributed by atoms with Crippen molar-refractivity contribution in [3.63, 3.8) is 0 Å². The first-order valence-electron chi connectivity index (χ1n) is 6.50. The van der Waals surface area contributed by atoms with Gasteiger partial charge in [-0.25, -0.2) is 9.82 Å². The van der Waals surface area contributed by atoms with Crippen LogP contribution in [0, 0.1) is 5.82 Å². The third-order valence-electron chi connectivity index (χ3n) is 3.35. The zero-order valence-corrected chi connectivity index (χ0v) is 12.7. The van der Waals surface area contributed by atoms with Crippen molar-refractivity contribution < 1.29 is 13.9 Å². The Morgan fingerprint density at radius 3 is 2.62 bits per heavy atom. The van der Waals surface area contributed by atoms with Gasteiger partial charge in [-0.3, -0.25) is 5.84 Å². The number of benzene rings is 2. The summed E-state index contributed by atoms with van der Waals surface area (Å²) in [5.41, 5.74) is 3.91. The highest BCUT2D eigenvalue weighted by Crippen LogP contribution is 2.36. The second kappa shape index (κ2) is 6.01. The smallest absolute Gasteiger partial charge is 0.161 e. The zero-order chi connectivity index (χ0) is 14.8. The molecule has 2 aromatic rings. The topological polar surface area (TPSA) is 56.5 Å². The first-order valence-corrected chi connectivity index (χ1v) is 7.29. The van der Waals surface area contributed by atoms with E-state index in [9.17, 15) is 4.39 Å². The Morgan fingerprint density at radius 2 is 1.90 bits per heavy atom. The number of rotatable bonds is 3. The molecule has 1 heterocycles. The van der Waals surface area contributed by atoms with E-state index in [1.165, 1.54) is 6.07 Å². The number of halogens is 2. The largest absolute Gasteiger partial charge is 0.486 e. The summed E-state index contributed by atoms with van der Waals surface area (Å²) >= 11 is 3.37. The van der Waals surface area contributed by atoms with Gasteiger partial charge in [0.05, 0.1) is 6.04 Å². The predicted octanol–water partition coefficient (Wildman–Crippen LogP) is 2.91. The summed E-state index contributed by atoms with van der Waals surface area (Å²) in [5, 5.41) is 0. The summed E-state index contributed by atoms with van der Waals surface area (Å²) in [5.74, 6) is 6.64. The number of fused-ring (bicyclic) bond motifs is 1. The third kappa shape index (κ3) is 2.74. The zero-order valence-electron chi connectivity index (χ0n) is 11.1. The van der Waals surface area contributed by atoms with E-state index >= 15 is 0 Å². The van der Waals surface area contributed by atoms with Gasteiger partial charge in [0.2, 0.25) is 0 Å². The second-order valence-electron chi connectivity index (χ2n) is 4.64. The van der Waals surface area contributed by atoms with E-state index in [-0.39, 0.29) is 5.82 Å². The molecule has 1 aliphatic heterocycles. The molecule has 110 valence electrons. The van der Waals surface area contributed by atoms with Crippen LogP contribution >= 0.6 is 15.9 Å². The Balaban J connectivity index is 2.04. The normalized spacial score (nSPS) is 14.8. The lowest BCUT2D eigenvalue weighted by molar-refractivity contribution is 0.171. The van der Waals surface area contributed by atoms with Crippen molar-refractivity contribution in [3.8, 4) is 11.5 Å². The van der Waals surface area contributed by atoms with Crippen LogP contribution in [0.2, 0.25) is 0 Å². The maximum atomic E-state index is 14.1. The molecular formula is C15H14BrFN2O2. The minimum atomic E-state index is -0.489. The highest BCUT2D eigenvalue weighted by molar-refractivity contribution is 9.10. The van der Waals surface area contributed by atoms with Gasteiger partial charge in [-0.2, -0.15) is 0 Å². The molecule has 0 aliphatic carbocycles. The molecule has 2 aromatic carbocycles. The van der Waals surface area contributed by atoms with Crippen LogP contribution in [0.4, 0.5) is 4.39 Å². The molecule has 0 saturated heterocycles. The van der Waals surface area contributed by atoms with E-state index in [0.29, 0.717) is 34.7 Å². The maximum absolute atomic E-state index is 14.1. The Bertz CT molecular complexity index is 646. The van der Waals surface area contributed by atoms with Crippen molar-refractivity contribution in [3.05, 3.63) is 57.8 Å². The number of nitrogens with two attached hydrogens (primary N) is 1. The molecule has 1 aliphatic rings. The minimum Gasteiger partial charge on any atom is -0.486 e. The summed E-state index contributed by atoms with van der Waals surface area (Å²) in [7, 11) is 0. The molecule has 0 saturated carbocycles. The molecule has 3 rings (SSSR count). The van der Waals surface area contributed by atoms with Gasteiger partial charge in [0.25, 0.3) is 0 Å². The van der Waals surface area contributed by atoms with Crippen LogP contribution in [0.15, 0.2) is 40.9 Å². The molecule has 21 heavy (non-hydrogen) atoms. The summed E-state index contributed by atoms with van der Waals surface area (Å²) < 4.78 is 25.8. The molecule has 0 aromatic heterocycles. The van der Waals surface area contributed by atoms with Crippen LogP contribution < -0.4 is 20.7 Å². The summed E-state index contributed by atoms with van der Waals surface area (Å²) in [6, 6.07) is 9.80. The summed E-state index contributed by atoms with van der Waals surface area (Å²) in [4.78, 5) is 0. The molecule has 0 bridgehead atoms. The van der Waals surface area contributed by atoms with E-state index in [1.807, 2.05) is 18.2 Å². The fourth-order valence-electron chi connectivity index (χ4n) is 2.37. The fourth-order valence-corrected chi connectivity index (χ4v) is 2.94. The van der Waals surface area contributed by atoms with Crippen molar-refractivity contribution in [1.29, 1.82) is 0 Å². The van der Waals surface area contributed by atoms with Crippen LogP contribution in [0.25, 0.3) is 0 Å².